The highest BCUT2D eigenvalue weighted by Gasteiger charge is 2.61. The molecule has 136 valence electrons. The molecule has 2 aliphatic heterocycles. The Hall–Kier alpha value is -0.120. The number of hydrogen-bond acceptors (Lipinski definition) is 3. The van der Waals surface area contributed by atoms with Crippen LogP contribution in [-0.4, -0.2) is 48.4 Å². The molecule has 10 unspecified atom stereocenters. The molecule has 3 nitrogen and oxygen atoms in total. The van der Waals surface area contributed by atoms with Crippen molar-refractivity contribution >= 4 is 0 Å². The molecule has 3 aliphatic carbocycles. The SMILES string of the molecule is COC1CCC2C(C1)C1CC(C)CC3OC4CC(C)CCC4N2C31. The third-order valence-electron chi connectivity index (χ3n) is 8.30. The van der Waals surface area contributed by atoms with E-state index in [9.17, 15) is 0 Å². The molecule has 24 heavy (non-hydrogen) atoms. The van der Waals surface area contributed by atoms with Crippen molar-refractivity contribution in [2.75, 3.05) is 7.11 Å². The molecule has 0 aromatic heterocycles. The van der Waals surface area contributed by atoms with Crippen LogP contribution in [0.4, 0.5) is 0 Å². The molecule has 10 atom stereocenters. The van der Waals surface area contributed by atoms with Gasteiger partial charge < -0.3 is 9.47 Å². The zero-order valence-electron chi connectivity index (χ0n) is 15.7. The van der Waals surface area contributed by atoms with E-state index < -0.39 is 0 Å². The van der Waals surface area contributed by atoms with Gasteiger partial charge in [0, 0.05) is 25.2 Å². The molecular formula is C21H35NO2. The molecule has 2 saturated heterocycles. The van der Waals surface area contributed by atoms with E-state index in [2.05, 4.69) is 18.7 Å². The maximum Gasteiger partial charge on any atom is 0.0740 e. The van der Waals surface area contributed by atoms with Gasteiger partial charge in [0.1, 0.15) is 0 Å². The number of methoxy groups -OCH3 is 1. The van der Waals surface area contributed by atoms with E-state index in [1.54, 1.807) is 0 Å². The fourth-order valence-corrected chi connectivity index (χ4v) is 7.40. The van der Waals surface area contributed by atoms with Crippen LogP contribution >= 0.6 is 0 Å². The fourth-order valence-electron chi connectivity index (χ4n) is 7.40. The highest BCUT2D eigenvalue weighted by molar-refractivity contribution is 5.13. The van der Waals surface area contributed by atoms with Gasteiger partial charge in [-0.3, -0.25) is 4.90 Å². The second-order valence-electron chi connectivity index (χ2n) is 9.78. The third-order valence-corrected chi connectivity index (χ3v) is 8.30. The summed E-state index contributed by atoms with van der Waals surface area (Å²) in [6, 6.07) is 2.26. The first-order chi connectivity index (χ1) is 11.7. The van der Waals surface area contributed by atoms with Crippen molar-refractivity contribution in [3.63, 3.8) is 0 Å². The Morgan fingerprint density at radius 1 is 0.792 bits per heavy atom. The van der Waals surface area contributed by atoms with Crippen molar-refractivity contribution in [2.45, 2.75) is 102 Å². The van der Waals surface area contributed by atoms with Crippen LogP contribution in [0.25, 0.3) is 0 Å². The quantitative estimate of drug-likeness (QED) is 0.727. The summed E-state index contributed by atoms with van der Waals surface area (Å²) >= 11 is 0. The molecular weight excluding hydrogens is 298 g/mol. The van der Waals surface area contributed by atoms with Gasteiger partial charge in [0.05, 0.1) is 18.3 Å². The molecule has 0 N–H and O–H groups in total. The first-order valence-electron chi connectivity index (χ1n) is 10.6. The van der Waals surface area contributed by atoms with Crippen LogP contribution in [0.3, 0.4) is 0 Å². The average Bonchev–Trinajstić information content (AvgIpc) is 2.89. The summed E-state index contributed by atoms with van der Waals surface area (Å²) in [6.45, 7) is 4.89. The highest BCUT2D eigenvalue weighted by atomic mass is 16.5. The Labute approximate surface area is 147 Å². The van der Waals surface area contributed by atoms with Crippen LogP contribution in [0.15, 0.2) is 0 Å². The first-order valence-corrected chi connectivity index (χ1v) is 10.6. The third kappa shape index (κ3) is 2.34. The molecule has 3 saturated carbocycles. The lowest BCUT2D eigenvalue weighted by atomic mass is 9.69. The van der Waals surface area contributed by atoms with Crippen molar-refractivity contribution in [3.05, 3.63) is 0 Å². The number of rotatable bonds is 1. The predicted molar refractivity (Wildman–Crippen MR) is 94.9 cm³/mol. The van der Waals surface area contributed by atoms with Crippen molar-refractivity contribution in [2.24, 2.45) is 23.7 Å². The lowest BCUT2D eigenvalue weighted by Gasteiger charge is -2.55. The lowest BCUT2D eigenvalue weighted by Crippen LogP contribution is -2.64. The molecule has 0 aromatic carbocycles. The summed E-state index contributed by atoms with van der Waals surface area (Å²) in [7, 11) is 1.92. The van der Waals surface area contributed by atoms with Gasteiger partial charge in [0.25, 0.3) is 0 Å². The minimum Gasteiger partial charge on any atom is -0.381 e. The molecule has 0 spiro atoms. The van der Waals surface area contributed by atoms with Crippen molar-refractivity contribution < 1.29 is 9.47 Å². The fraction of sp³-hybridized carbons (Fsp3) is 1.00. The van der Waals surface area contributed by atoms with Gasteiger partial charge in [-0.1, -0.05) is 13.8 Å². The van der Waals surface area contributed by atoms with Crippen LogP contribution in [0.5, 0.6) is 0 Å². The van der Waals surface area contributed by atoms with Crippen molar-refractivity contribution in [1.82, 2.24) is 4.90 Å². The number of morpholine rings is 1. The van der Waals surface area contributed by atoms with Crippen LogP contribution in [0, 0.1) is 23.7 Å². The maximum atomic E-state index is 6.80. The van der Waals surface area contributed by atoms with E-state index in [1.807, 2.05) is 7.11 Å². The van der Waals surface area contributed by atoms with E-state index >= 15 is 0 Å². The molecule has 5 aliphatic rings. The van der Waals surface area contributed by atoms with Gasteiger partial charge >= 0.3 is 0 Å². The lowest BCUT2D eigenvalue weighted by molar-refractivity contribution is -0.187. The normalized spacial score (nSPS) is 57.1. The molecule has 5 fully saturated rings. The molecule has 0 bridgehead atoms. The second-order valence-corrected chi connectivity index (χ2v) is 9.78. The summed E-state index contributed by atoms with van der Waals surface area (Å²) in [5, 5.41) is 0. The standard InChI is InChI=1S/C21H35NO2/c1-12-4-6-18-19(9-12)24-20-10-13(2)8-16-15-11-14(23-3)5-7-17(15)22(18)21(16)20/h12-21H,4-11H2,1-3H3. The molecule has 0 amide bonds. The number of hydrogen-bond donors (Lipinski definition) is 0. The van der Waals surface area contributed by atoms with Gasteiger partial charge in [-0.2, -0.15) is 0 Å². The minimum atomic E-state index is 0.506. The molecule has 5 rings (SSSR count). The zero-order chi connectivity index (χ0) is 16.4. The Balaban J connectivity index is 1.48. The summed E-state index contributed by atoms with van der Waals surface area (Å²) in [6.07, 6.45) is 12.2. The summed E-state index contributed by atoms with van der Waals surface area (Å²) in [5.41, 5.74) is 0. The van der Waals surface area contributed by atoms with Gasteiger partial charge in [0.2, 0.25) is 0 Å². The second kappa shape index (κ2) is 5.96. The Morgan fingerprint density at radius 3 is 2.42 bits per heavy atom. The Morgan fingerprint density at radius 2 is 1.58 bits per heavy atom. The minimum absolute atomic E-state index is 0.506. The van der Waals surface area contributed by atoms with Crippen molar-refractivity contribution in [1.29, 1.82) is 0 Å². The van der Waals surface area contributed by atoms with Crippen molar-refractivity contribution in [3.8, 4) is 0 Å². The first kappa shape index (κ1) is 16.1. The molecule has 0 aromatic rings. The summed E-state index contributed by atoms with van der Waals surface area (Å²) < 4.78 is 12.6. The molecule has 0 radical (unpaired) electrons. The maximum absolute atomic E-state index is 6.80. The number of fused-ring (bicyclic) bond motifs is 5. The molecule has 2 heterocycles. The van der Waals surface area contributed by atoms with Crippen LogP contribution in [-0.2, 0) is 9.47 Å². The Bertz CT molecular complexity index is 482. The van der Waals surface area contributed by atoms with Crippen LogP contribution in [0.2, 0.25) is 0 Å². The van der Waals surface area contributed by atoms with E-state index in [-0.39, 0.29) is 0 Å². The smallest absolute Gasteiger partial charge is 0.0740 e. The summed E-state index contributed by atoms with van der Waals surface area (Å²) in [4.78, 5) is 3.04. The van der Waals surface area contributed by atoms with Crippen LogP contribution < -0.4 is 0 Å². The zero-order valence-corrected chi connectivity index (χ0v) is 15.7. The summed E-state index contributed by atoms with van der Waals surface area (Å²) in [5.74, 6) is 3.40. The van der Waals surface area contributed by atoms with E-state index in [1.165, 1.54) is 51.4 Å². The average molecular weight is 334 g/mol. The number of ether oxygens (including phenoxy) is 2. The monoisotopic (exact) mass is 333 g/mol. The largest absolute Gasteiger partial charge is 0.381 e. The Kier molecular flexibility index (Phi) is 3.99. The van der Waals surface area contributed by atoms with E-state index in [4.69, 9.17) is 9.47 Å². The van der Waals surface area contributed by atoms with E-state index in [0.29, 0.717) is 24.4 Å². The van der Waals surface area contributed by atoms with Gasteiger partial charge in [-0.25, -0.2) is 0 Å². The highest BCUT2D eigenvalue weighted by Crippen LogP contribution is 2.55. The number of nitrogens with zero attached hydrogens (tertiary/aromatic N) is 1. The van der Waals surface area contributed by atoms with Gasteiger partial charge in [-0.15, -0.1) is 0 Å². The topological polar surface area (TPSA) is 21.7 Å². The predicted octanol–water partition coefficient (Wildman–Crippen LogP) is 3.86. The molecule has 3 heteroatoms. The van der Waals surface area contributed by atoms with Gasteiger partial charge in [0.15, 0.2) is 0 Å². The van der Waals surface area contributed by atoms with Gasteiger partial charge in [-0.05, 0) is 75.0 Å². The van der Waals surface area contributed by atoms with E-state index in [0.717, 1.165) is 35.8 Å². The van der Waals surface area contributed by atoms with Crippen LogP contribution in [0.1, 0.15) is 65.2 Å².